The molecule has 0 aliphatic carbocycles. The largest absolute Gasteiger partial charge is 0.490 e. The standard InChI is InChI=1S/C32H49N3O6S/c1-7-17-34(6)21-31-24(3)20-35(25(4)22-36)32(37)29-19-27(33-42(38,39)28-14-11-23(2)12-15-28)13-16-30(29)41-26(5)10-8-9-18-40-31/h11-16,19,24-26,31,33,36H,7-10,17-18,20-22H2,1-6H3/t24-,25+,26+,31+/m0/s1. The van der Waals surface area contributed by atoms with E-state index in [4.69, 9.17) is 9.47 Å². The van der Waals surface area contributed by atoms with Crippen LogP contribution in [0.1, 0.15) is 69.3 Å². The molecule has 1 aliphatic rings. The minimum absolute atomic E-state index is 0.0169. The molecule has 1 heterocycles. The summed E-state index contributed by atoms with van der Waals surface area (Å²) < 4.78 is 41.5. The summed E-state index contributed by atoms with van der Waals surface area (Å²) >= 11 is 0. The number of sulfonamides is 1. The van der Waals surface area contributed by atoms with Crippen molar-refractivity contribution >= 4 is 21.6 Å². The summed E-state index contributed by atoms with van der Waals surface area (Å²) in [6, 6.07) is 10.9. The number of fused-ring (bicyclic) bond motifs is 1. The number of carbonyl (C=O) groups is 1. The van der Waals surface area contributed by atoms with E-state index in [2.05, 4.69) is 30.5 Å². The molecule has 0 radical (unpaired) electrons. The zero-order chi connectivity index (χ0) is 30.9. The monoisotopic (exact) mass is 603 g/mol. The molecule has 0 saturated heterocycles. The van der Waals surface area contributed by atoms with Gasteiger partial charge < -0.3 is 24.4 Å². The molecule has 234 valence electrons. The van der Waals surface area contributed by atoms with Gasteiger partial charge in [-0.05, 0) is 90.4 Å². The van der Waals surface area contributed by atoms with Crippen molar-refractivity contribution in [1.29, 1.82) is 0 Å². The summed E-state index contributed by atoms with van der Waals surface area (Å²) in [5, 5.41) is 10.1. The average molecular weight is 604 g/mol. The van der Waals surface area contributed by atoms with Crippen molar-refractivity contribution in [2.75, 3.05) is 44.6 Å². The molecular formula is C32H49N3O6S. The van der Waals surface area contributed by atoms with Gasteiger partial charge >= 0.3 is 0 Å². The normalized spacial score (nSPS) is 21.8. The molecule has 0 bridgehead atoms. The zero-order valence-electron chi connectivity index (χ0n) is 26.0. The fourth-order valence-electron chi connectivity index (χ4n) is 5.16. The van der Waals surface area contributed by atoms with Crippen LogP contribution in [0.4, 0.5) is 5.69 Å². The van der Waals surface area contributed by atoms with Crippen LogP contribution >= 0.6 is 0 Å². The maximum Gasteiger partial charge on any atom is 0.261 e. The molecule has 2 aromatic carbocycles. The highest BCUT2D eigenvalue weighted by molar-refractivity contribution is 7.92. The van der Waals surface area contributed by atoms with Gasteiger partial charge in [0.1, 0.15) is 5.75 Å². The van der Waals surface area contributed by atoms with Crippen LogP contribution in [0.5, 0.6) is 5.75 Å². The molecule has 2 N–H and O–H groups in total. The van der Waals surface area contributed by atoms with Crippen molar-refractivity contribution < 1.29 is 27.8 Å². The molecule has 3 rings (SSSR count). The minimum atomic E-state index is -3.88. The van der Waals surface area contributed by atoms with Gasteiger partial charge in [-0.15, -0.1) is 0 Å². The van der Waals surface area contributed by atoms with Crippen molar-refractivity contribution in [2.24, 2.45) is 5.92 Å². The molecule has 0 saturated carbocycles. The molecule has 42 heavy (non-hydrogen) atoms. The Bertz CT molecular complexity index is 1250. The fourth-order valence-corrected chi connectivity index (χ4v) is 6.21. The number of hydrogen-bond acceptors (Lipinski definition) is 7. The van der Waals surface area contributed by atoms with Crippen LogP contribution in [0.2, 0.25) is 0 Å². The summed E-state index contributed by atoms with van der Waals surface area (Å²) in [7, 11) is -1.80. The Morgan fingerprint density at radius 3 is 2.52 bits per heavy atom. The first-order valence-corrected chi connectivity index (χ1v) is 16.6. The van der Waals surface area contributed by atoms with Gasteiger partial charge in [-0.25, -0.2) is 8.42 Å². The Labute approximate surface area is 252 Å². The van der Waals surface area contributed by atoms with Gasteiger partial charge in [0.2, 0.25) is 0 Å². The Kier molecular flexibility index (Phi) is 12.7. The number of aliphatic hydroxyl groups excluding tert-OH is 1. The molecule has 0 spiro atoms. The van der Waals surface area contributed by atoms with Gasteiger partial charge in [-0.3, -0.25) is 9.52 Å². The van der Waals surface area contributed by atoms with Gasteiger partial charge in [0.15, 0.2) is 0 Å². The molecular weight excluding hydrogens is 554 g/mol. The number of hydrogen-bond donors (Lipinski definition) is 2. The topological polar surface area (TPSA) is 108 Å². The van der Waals surface area contributed by atoms with Crippen molar-refractivity contribution in [3.63, 3.8) is 0 Å². The van der Waals surface area contributed by atoms with Crippen LogP contribution in [0.15, 0.2) is 47.4 Å². The van der Waals surface area contributed by atoms with E-state index in [0.29, 0.717) is 18.9 Å². The van der Waals surface area contributed by atoms with Gasteiger partial charge in [-0.2, -0.15) is 0 Å². The molecule has 4 atom stereocenters. The Balaban J connectivity index is 2.00. The van der Waals surface area contributed by atoms with Gasteiger partial charge in [0, 0.05) is 31.3 Å². The van der Waals surface area contributed by atoms with E-state index in [9.17, 15) is 18.3 Å². The van der Waals surface area contributed by atoms with Crippen molar-refractivity contribution in [3.05, 3.63) is 53.6 Å². The number of carbonyl (C=O) groups excluding carboxylic acids is 1. The minimum Gasteiger partial charge on any atom is -0.490 e. The molecule has 0 unspecified atom stereocenters. The van der Waals surface area contributed by atoms with Gasteiger partial charge in [-0.1, -0.05) is 31.5 Å². The first kappa shape index (κ1) is 33.8. The second-order valence-electron chi connectivity index (χ2n) is 11.7. The molecule has 1 aliphatic heterocycles. The number of benzene rings is 2. The second-order valence-corrected chi connectivity index (χ2v) is 13.4. The third-order valence-electron chi connectivity index (χ3n) is 7.73. The highest BCUT2D eigenvalue weighted by Crippen LogP contribution is 2.29. The molecule has 10 heteroatoms. The van der Waals surface area contributed by atoms with Gasteiger partial charge in [0.25, 0.3) is 15.9 Å². The third-order valence-corrected chi connectivity index (χ3v) is 9.13. The van der Waals surface area contributed by atoms with Crippen LogP contribution in [0, 0.1) is 12.8 Å². The number of anilines is 1. The number of nitrogens with zero attached hydrogens (tertiary/aromatic N) is 2. The number of likely N-dealkylation sites (N-methyl/N-ethyl adjacent to an activating group) is 1. The van der Waals surface area contributed by atoms with Crippen LogP contribution in [-0.2, 0) is 14.8 Å². The van der Waals surface area contributed by atoms with E-state index in [-0.39, 0.29) is 46.8 Å². The maximum absolute atomic E-state index is 14.2. The van der Waals surface area contributed by atoms with Crippen molar-refractivity contribution in [2.45, 2.75) is 83.4 Å². The second kappa shape index (κ2) is 15.7. The lowest BCUT2D eigenvalue weighted by atomic mass is 10.0. The molecule has 0 fully saturated rings. The van der Waals surface area contributed by atoms with E-state index in [1.807, 2.05) is 13.8 Å². The number of rotatable bonds is 9. The fraction of sp³-hybridized carbons (Fsp3) is 0.594. The molecule has 1 amide bonds. The highest BCUT2D eigenvalue weighted by Gasteiger charge is 2.30. The summed E-state index contributed by atoms with van der Waals surface area (Å²) in [5.74, 6) is 0.0394. The van der Waals surface area contributed by atoms with Crippen LogP contribution in [-0.4, -0.2) is 87.4 Å². The van der Waals surface area contributed by atoms with E-state index in [1.54, 1.807) is 48.2 Å². The van der Waals surface area contributed by atoms with E-state index in [0.717, 1.165) is 44.3 Å². The van der Waals surface area contributed by atoms with Crippen molar-refractivity contribution in [3.8, 4) is 5.75 Å². The van der Waals surface area contributed by atoms with Crippen LogP contribution in [0.25, 0.3) is 0 Å². The smallest absolute Gasteiger partial charge is 0.261 e. The summed E-state index contributed by atoms with van der Waals surface area (Å²) in [6.45, 7) is 12.4. The first-order valence-electron chi connectivity index (χ1n) is 15.1. The molecule has 2 aromatic rings. The lowest BCUT2D eigenvalue weighted by Gasteiger charge is -2.35. The molecule has 0 aromatic heterocycles. The number of nitrogens with one attached hydrogen (secondary N) is 1. The summed E-state index contributed by atoms with van der Waals surface area (Å²) in [5.41, 5.74) is 1.46. The SMILES string of the molecule is CCCN(C)C[C@H]1OCCCC[C@@H](C)Oc2ccc(NS(=O)(=O)c3ccc(C)cc3)cc2C(=O)N([C@H](C)CO)C[C@@H]1C. The summed E-state index contributed by atoms with van der Waals surface area (Å²) in [4.78, 5) is 18.3. The number of aryl methyl sites for hydroxylation is 1. The van der Waals surface area contributed by atoms with Crippen LogP contribution in [0.3, 0.4) is 0 Å². The summed E-state index contributed by atoms with van der Waals surface area (Å²) in [6.07, 6.45) is 3.38. The Morgan fingerprint density at radius 2 is 1.86 bits per heavy atom. The predicted molar refractivity (Wildman–Crippen MR) is 167 cm³/mol. The van der Waals surface area contributed by atoms with E-state index < -0.39 is 16.1 Å². The van der Waals surface area contributed by atoms with Crippen LogP contribution < -0.4 is 9.46 Å². The average Bonchev–Trinajstić information content (AvgIpc) is 2.94. The van der Waals surface area contributed by atoms with Gasteiger partial charge in [0.05, 0.1) is 35.3 Å². The number of amides is 1. The number of aliphatic hydroxyl groups is 1. The predicted octanol–water partition coefficient (Wildman–Crippen LogP) is 4.93. The Morgan fingerprint density at radius 1 is 1.14 bits per heavy atom. The van der Waals surface area contributed by atoms with E-state index in [1.165, 1.54) is 6.07 Å². The lowest BCUT2D eigenvalue weighted by molar-refractivity contribution is -0.0167. The maximum atomic E-state index is 14.2. The highest BCUT2D eigenvalue weighted by atomic mass is 32.2. The lowest BCUT2D eigenvalue weighted by Crippen LogP contribution is -2.47. The first-order chi connectivity index (χ1) is 19.9. The zero-order valence-corrected chi connectivity index (χ0v) is 26.8. The third kappa shape index (κ3) is 9.42. The molecule has 9 nitrogen and oxygen atoms in total. The van der Waals surface area contributed by atoms with Crippen molar-refractivity contribution in [1.82, 2.24) is 9.80 Å². The number of ether oxygens (including phenoxy) is 2. The van der Waals surface area contributed by atoms with E-state index >= 15 is 0 Å². The Hall–Kier alpha value is -2.66. The quantitative estimate of drug-likeness (QED) is 0.418.